The molecule has 90 valence electrons. The van der Waals surface area contributed by atoms with Gasteiger partial charge in [-0.25, -0.2) is 4.98 Å². The normalized spacial score (nSPS) is 10.6. The molecule has 0 aromatic carbocycles. The molecule has 0 unspecified atom stereocenters. The van der Waals surface area contributed by atoms with Crippen LogP contribution in [0.25, 0.3) is 0 Å². The summed E-state index contributed by atoms with van der Waals surface area (Å²) in [7, 11) is 0. The van der Waals surface area contributed by atoms with Gasteiger partial charge in [-0.05, 0) is 33.2 Å². The van der Waals surface area contributed by atoms with E-state index >= 15 is 0 Å². The molecule has 1 rings (SSSR count). The standard InChI is InChI=1S/C11H19N3OS/c1-8-10(16-9(2)14-8)7-13-6-4-3-5-11(12)15/h13H,3-7H2,1-2H3,(H2,12,15). The first-order chi connectivity index (χ1) is 7.59. The number of rotatable bonds is 7. The van der Waals surface area contributed by atoms with Crippen molar-refractivity contribution in [1.82, 2.24) is 10.3 Å². The number of carbonyl (C=O) groups excluding carboxylic acids is 1. The molecule has 1 amide bonds. The number of hydrogen-bond acceptors (Lipinski definition) is 4. The zero-order chi connectivity index (χ0) is 12.0. The second-order valence-electron chi connectivity index (χ2n) is 3.84. The van der Waals surface area contributed by atoms with Crippen LogP contribution in [-0.4, -0.2) is 17.4 Å². The number of carbonyl (C=O) groups is 1. The van der Waals surface area contributed by atoms with Gasteiger partial charge in [0.25, 0.3) is 0 Å². The van der Waals surface area contributed by atoms with Crippen molar-refractivity contribution in [3.63, 3.8) is 0 Å². The molecule has 0 saturated heterocycles. The van der Waals surface area contributed by atoms with E-state index < -0.39 is 0 Å². The highest BCUT2D eigenvalue weighted by atomic mass is 32.1. The number of unbranched alkanes of at least 4 members (excludes halogenated alkanes) is 1. The SMILES string of the molecule is Cc1nc(C)c(CNCCCCC(N)=O)s1. The summed E-state index contributed by atoms with van der Waals surface area (Å²) in [5.74, 6) is -0.214. The van der Waals surface area contributed by atoms with E-state index in [4.69, 9.17) is 5.73 Å². The number of nitrogens with one attached hydrogen (secondary N) is 1. The lowest BCUT2D eigenvalue weighted by molar-refractivity contribution is -0.118. The fraction of sp³-hybridized carbons (Fsp3) is 0.636. The molecule has 0 aliphatic carbocycles. The lowest BCUT2D eigenvalue weighted by Gasteiger charge is -2.02. The third kappa shape index (κ3) is 4.72. The van der Waals surface area contributed by atoms with Crippen molar-refractivity contribution in [2.75, 3.05) is 6.54 Å². The van der Waals surface area contributed by atoms with Gasteiger partial charge >= 0.3 is 0 Å². The number of thiazole rings is 1. The van der Waals surface area contributed by atoms with Gasteiger partial charge in [0.2, 0.25) is 5.91 Å². The van der Waals surface area contributed by atoms with Gasteiger partial charge in [0.05, 0.1) is 10.7 Å². The van der Waals surface area contributed by atoms with E-state index in [1.807, 2.05) is 13.8 Å². The lowest BCUT2D eigenvalue weighted by atomic mass is 10.2. The minimum absolute atomic E-state index is 0.214. The molecule has 0 atom stereocenters. The second-order valence-corrected chi connectivity index (χ2v) is 5.13. The Morgan fingerprint density at radius 2 is 2.19 bits per heavy atom. The first-order valence-corrected chi connectivity index (χ1v) is 6.33. The zero-order valence-electron chi connectivity index (χ0n) is 9.88. The predicted molar refractivity (Wildman–Crippen MR) is 66.3 cm³/mol. The maximum absolute atomic E-state index is 10.5. The molecule has 0 radical (unpaired) electrons. The van der Waals surface area contributed by atoms with Gasteiger partial charge in [-0.3, -0.25) is 4.79 Å². The Kier molecular flexibility index (Phi) is 5.42. The Bertz CT molecular complexity index is 349. The van der Waals surface area contributed by atoms with Crippen molar-refractivity contribution in [3.05, 3.63) is 15.6 Å². The van der Waals surface area contributed by atoms with Gasteiger partial charge in [0.15, 0.2) is 0 Å². The first kappa shape index (κ1) is 13.1. The third-order valence-electron chi connectivity index (χ3n) is 2.31. The van der Waals surface area contributed by atoms with E-state index in [-0.39, 0.29) is 5.91 Å². The van der Waals surface area contributed by atoms with E-state index in [0.29, 0.717) is 6.42 Å². The Labute approximate surface area is 100 Å². The second kappa shape index (κ2) is 6.60. The van der Waals surface area contributed by atoms with Crippen molar-refractivity contribution < 1.29 is 4.79 Å². The van der Waals surface area contributed by atoms with Crippen LogP contribution in [0.15, 0.2) is 0 Å². The van der Waals surface area contributed by atoms with Crippen LogP contribution in [0.3, 0.4) is 0 Å². The maximum atomic E-state index is 10.5. The average molecular weight is 241 g/mol. The summed E-state index contributed by atoms with van der Waals surface area (Å²) in [5, 5.41) is 4.46. The number of aryl methyl sites for hydroxylation is 2. The molecule has 0 bridgehead atoms. The number of nitrogens with two attached hydrogens (primary N) is 1. The minimum Gasteiger partial charge on any atom is -0.370 e. The number of amides is 1. The quantitative estimate of drug-likeness (QED) is 0.711. The predicted octanol–water partition coefficient (Wildman–Crippen LogP) is 1.51. The van der Waals surface area contributed by atoms with Crippen molar-refractivity contribution >= 4 is 17.2 Å². The largest absolute Gasteiger partial charge is 0.370 e. The molecule has 0 saturated carbocycles. The van der Waals surface area contributed by atoms with Crippen molar-refractivity contribution in [2.45, 2.75) is 39.7 Å². The molecular weight excluding hydrogens is 222 g/mol. The summed E-state index contributed by atoms with van der Waals surface area (Å²) in [5.41, 5.74) is 6.17. The molecule has 0 spiro atoms. The van der Waals surface area contributed by atoms with E-state index in [9.17, 15) is 4.79 Å². The molecule has 0 aliphatic heterocycles. The lowest BCUT2D eigenvalue weighted by Crippen LogP contribution is -2.16. The van der Waals surface area contributed by atoms with Crippen LogP contribution in [0.2, 0.25) is 0 Å². The molecule has 1 aromatic heterocycles. The third-order valence-corrected chi connectivity index (χ3v) is 3.38. The van der Waals surface area contributed by atoms with Crippen molar-refractivity contribution in [1.29, 1.82) is 0 Å². The Morgan fingerprint density at radius 1 is 1.44 bits per heavy atom. The molecule has 5 heteroatoms. The van der Waals surface area contributed by atoms with Crippen LogP contribution in [0, 0.1) is 13.8 Å². The number of hydrogen-bond donors (Lipinski definition) is 2. The molecule has 3 N–H and O–H groups in total. The summed E-state index contributed by atoms with van der Waals surface area (Å²) >= 11 is 1.74. The van der Waals surface area contributed by atoms with Gasteiger partial charge in [-0.2, -0.15) is 0 Å². The van der Waals surface area contributed by atoms with Crippen molar-refractivity contribution in [2.24, 2.45) is 5.73 Å². The molecule has 0 fully saturated rings. The maximum Gasteiger partial charge on any atom is 0.217 e. The highest BCUT2D eigenvalue weighted by molar-refractivity contribution is 7.11. The molecule has 1 heterocycles. The van der Waals surface area contributed by atoms with Crippen LogP contribution in [0.1, 0.15) is 34.8 Å². The summed E-state index contributed by atoms with van der Waals surface area (Å²) in [6.45, 7) is 5.85. The molecule has 4 nitrogen and oxygen atoms in total. The molecule has 16 heavy (non-hydrogen) atoms. The highest BCUT2D eigenvalue weighted by Crippen LogP contribution is 2.16. The van der Waals surface area contributed by atoms with Gasteiger partial charge in [-0.15, -0.1) is 11.3 Å². The first-order valence-electron chi connectivity index (χ1n) is 5.51. The summed E-state index contributed by atoms with van der Waals surface area (Å²) < 4.78 is 0. The number of nitrogens with zero attached hydrogens (tertiary/aromatic N) is 1. The van der Waals surface area contributed by atoms with Crippen LogP contribution < -0.4 is 11.1 Å². The monoisotopic (exact) mass is 241 g/mol. The fourth-order valence-corrected chi connectivity index (χ4v) is 2.40. The highest BCUT2D eigenvalue weighted by Gasteiger charge is 2.03. The van der Waals surface area contributed by atoms with Crippen LogP contribution in [-0.2, 0) is 11.3 Å². The van der Waals surface area contributed by atoms with Crippen LogP contribution >= 0.6 is 11.3 Å². The Hall–Kier alpha value is -0.940. The minimum atomic E-state index is -0.214. The molecule has 1 aromatic rings. The Morgan fingerprint density at radius 3 is 2.75 bits per heavy atom. The van der Waals surface area contributed by atoms with E-state index in [2.05, 4.69) is 10.3 Å². The summed E-state index contributed by atoms with van der Waals surface area (Å²) in [4.78, 5) is 16.2. The van der Waals surface area contributed by atoms with E-state index in [1.54, 1.807) is 11.3 Å². The summed E-state index contributed by atoms with van der Waals surface area (Å²) in [6.07, 6.45) is 2.34. The zero-order valence-corrected chi connectivity index (χ0v) is 10.7. The van der Waals surface area contributed by atoms with E-state index in [0.717, 1.165) is 36.6 Å². The van der Waals surface area contributed by atoms with Gasteiger partial charge in [0.1, 0.15) is 0 Å². The van der Waals surface area contributed by atoms with Crippen LogP contribution in [0.4, 0.5) is 0 Å². The Balaban J connectivity index is 2.11. The molecule has 0 aliphatic rings. The number of primary amides is 1. The molecular formula is C11H19N3OS. The van der Waals surface area contributed by atoms with Gasteiger partial charge in [0, 0.05) is 17.8 Å². The van der Waals surface area contributed by atoms with E-state index in [1.165, 1.54) is 4.88 Å². The van der Waals surface area contributed by atoms with Gasteiger partial charge < -0.3 is 11.1 Å². The van der Waals surface area contributed by atoms with Crippen molar-refractivity contribution in [3.8, 4) is 0 Å². The number of aromatic nitrogens is 1. The smallest absolute Gasteiger partial charge is 0.217 e. The average Bonchev–Trinajstić information content (AvgIpc) is 2.50. The van der Waals surface area contributed by atoms with Gasteiger partial charge in [-0.1, -0.05) is 0 Å². The fourth-order valence-electron chi connectivity index (χ4n) is 1.49. The van der Waals surface area contributed by atoms with Crippen LogP contribution in [0.5, 0.6) is 0 Å². The topological polar surface area (TPSA) is 68.0 Å². The summed E-state index contributed by atoms with van der Waals surface area (Å²) in [6, 6.07) is 0.